The van der Waals surface area contributed by atoms with Crippen molar-refractivity contribution >= 4 is 40.2 Å². The molecular weight excluding hydrogens is 420 g/mol. The van der Waals surface area contributed by atoms with Crippen LogP contribution in [0.1, 0.15) is 52.5 Å². The van der Waals surface area contributed by atoms with Gasteiger partial charge in [-0.05, 0) is 46.1 Å². The van der Waals surface area contributed by atoms with Gasteiger partial charge in [0.05, 0.1) is 16.5 Å². The minimum atomic E-state index is -0.621. The number of piperidine rings is 1. The molecular formula is C23H30N8O2. The number of hydrogen-bond donors (Lipinski definition) is 2. The molecule has 0 saturated carbocycles. The number of hydrogen-bond acceptors (Lipinski definition) is 8. The van der Waals surface area contributed by atoms with E-state index in [1.807, 2.05) is 23.7 Å². The number of nitrogens with zero attached hydrogens (tertiary/aromatic N) is 7. The average Bonchev–Trinajstić information content (AvgIpc) is 3.37. The molecule has 33 heavy (non-hydrogen) atoms. The summed E-state index contributed by atoms with van der Waals surface area (Å²) in [6.45, 7) is 8.14. The zero-order chi connectivity index (χ0) is 23.2. The zero-order valence-corrected chi connectivity index (χ0v) is 19.3. The highest BCUT2D eigenvalue weighted by molar-refractivity contribution is 6.03. The van der Waals surface area contributed by atoms with Crippen LogP contribution in [0.25, 0.3) is 10.9 Å². The molecule has 0 aliphatic carbocycles. The molecule has 10 nitrogen and oxygen atoms in total. The highest BCUT2D eigenvalue weighted by Crippen LogP contribution is 2.32. The fourth-order valence-corrected chi connectivity index (χ4v) is 4.44. The Balaban J connectivity index is 1.42. The van der Waals surface area contributed by atoms with Crippen LogP contribution in [-0.2, 0) is 4.79 Å². The van der Waals surface area contributed by atoms with E-state index in [4.69, 9.17) is 5.10 Å². The molecule has 5 heterocycles. The number of aromatic nitrogens is 5. The summed E-state index contributed by atoms with van der Waals surface area (Å²) in [6.07, 6.45) is 6.30. The van der Waals surface area contributed by atoms with Gasteiger partial charge in [-0.2, -0.15) is 10.1 Å². The standard InChI is InChI=1S/C23H30N8O2/c1-15(2)31-17-13-19(25-14-16(17)21(28-31)30-10-4-5-20(30)32)26-18-6-9-24-22(27-18)29-11-7-23(3,33)8-12-29/h6,9,13-15,33H,4-5,7-8,10-12H2,1-3H3,(H,24,25,26,27). The Labute approximate surface area is 192 Å². The average molecular weight is 451 g/mol. The molecule has 0 bridgehead atoms. The second kappa shape index (κ2) is 8.26. The molecule has 1 amide bonds. The van der Waals surface area contributed by atoms with Crippen LogP contribution in [0.2, 0.25) is 0 Å². The number of fused-ring (bicyclic) bond motifs is 1. The normalized spacial score (nSPS) is 18.5. The first-order valence-corrected chi connectivity index (χ1v) is 11.6. The molecule has 5 rings (SSSR count). The first-order chi connectivity index (χ1) is 15.8. The first-order valence-electron chi connectivity index (χ1n) is 11.6. The van der Waals surface area contributed by atoms with Crippen molar-refractivity contribution in [1.82, 2.24) is 24.7 Å². The van der Waals surface area contributed by atoms with Crippen LogP contribution in [0.4, 0.5) is 23.4 Å². The van der Waals surface area contributed by atoms with Gasteiger partial charge in [0.2, 0.25) is 11.9 Å². The van der Waals surface area contributed by atoms with E-state index in [-0.39, 0.29) is 11.9 Å². The molecule has 0 atom stereocenters. The van der Waals surface area contributed by atoms with Crippen molar-refractivity contribution in [3.8, 4) is 0 Å². The summed E-state index contributed by atoms with van der Waals surface area (Å²) in [6, 6.07) is 3.90. The maximum absolute atomic E-state index is 12.3. The molecule has 2 N–H and O–H groups in total. The maximum Gasteiger partial charge on any atom is 0.228 e. The lowest BCUT2D eigenvalue weighted by molar-refractivity contribution is -0.117. The van der Waals surface area contributed by atoms with E-state index in [9.17, 15) is 9.90 Å². The van der Waals surface area contributed by atoms with E-state index < -0.39 is 5.60 Å². The Bertz CT molecular complexity index is 1180. The number of carbonyl (C=O) groups excluding carboxylic acids is 1. The number of anilines is 4. The van der Waals surface area contributed by atoms with E-state index in [0.29, 0.717) is 62.3 Å². The summed E-state index contributed by atoms with van der Waals surface area (Å²) in [5.74, 6) is 2.73. The van der Waals surface area contributed by atoms with Gasteiger partial charge in [-0.1, -0.05) is 0 Å². The van der Waals surface area contributed by atoms with Crippen LogP contribution in [0.5, 0.6) is 0 Å². The Morgan fingerprint density at radius 3 is 2.64 bits per heavy atom. The number of rotatable bonds is 5. The van der Waals surface area contributed by atoms with E-state index in [1.54, 1.807) is 17.3 Å². The quantitative estimate of drug-likeness (QED) is 0.610. The van der Waals surface area contributed by atoms with Crippen LogP contribution in [0.15, 0.2) is 24.5 Å². The lowest BCUT2D eigenvalue weighted by atomic mass is 9.94. The number of amides is 1. The van der Waals surface area contributed by atoms with Gasteiger partial charge in [0.25, 0.3) is 0 Å². The van der Waals surface area contributed by atoms with E-state index in [0.717, 1.165) is 17.3 Å². The number of carbonyl (C=O) groups is 1. The molecule has 2 fully saturated rings. The zero-order valence-electron chi connectivity index (χ0n) is 19.3. The minimum Gasteiger partial charge on any atom is -0.390 e. The van der Waals surface area contributed by atoms with Crippen LogP contribution < -0.4 is 15.1 Å². The van der Waals surface area contributed by atoms with Crippen molar-refractivity contribution in [3.63, 3.8) is 0 Å². The summed E-state index contributed by atoms with van der Waals surface area (Å²) in [5, 5.41) is 19.1. The van der Waals surface area contributed by atoms with Crippen LogP contribution in [0, 0.1) is 0 Å². The third kappa shape index (κ3) is 4.22. The molecule has 3 aromatic rings. The predicted octanol–water partition coefficient (Wildman–Crippen LogP) is 3.02. The second-order valence-corrected chi connectivity index (χ2v) is 9.45. The largest absolute Gasteiger partial charge is 0.390 e. The summed E-state index contributed by atoms with van der Waals surface area (Å²) in [7, 11) is 0. The van der Waals surface area contributed by atoms with Crippen LogP contribution >= 0.6 is 0 Å². The second-order valence-electron chi connectivity index (χ2n) is 9.45. The number of nitrogens with one attached hydrogen (secondary N) is 1. The third-order valence-corrected chi connectivity index (χ3v) is 6.41. The van der Waals surface area contributed by atoms with Gasteiger partial charge in [0, 0.05) is 50.6 Å². The predicted molar refractivity (Wildman–Crippen MR) is 127 cm³/mol. The molecule has 2 saturated heterocycles. The van der Waals surface area contributed by atoms with Crippen molar-refractivity contribution in [1.29, 1.82) is 0 Å². The summed E-state index contributed by atoms with van der Waals surface area (Å²) < 4.78 is 1.94. The van der Waals surface area contributed by atoms with Crippen molar-refractivity contribution in [3.05, 3.63) is 24.5 Å². The minimum absolute atomic E-state index is 0.111. The first kappa shape index (κ1) is 21.6. The molecule has 10 heteroatoms. The molecule has 174 valence electrons. The van der Waals surface area contributed by atoms with Crippen LogP contribution in [-0.4, -0.2) is 61.0 Å². The van der Waals surface area contributed by atoms with Crippen LogP contribution in [0.3, 0.4) is 0 Å². The summed E-state index contributed by atoms with van der Waals surface area (Å²) in [5.41, 5.74) is 0.300. The smallest absolute Gasteiger partial charge is 0.228 e. The Morgan fingerprint density at radius 2 is 1.94 bits per heavy atom. The molecule has 0 unspecified atom stereocenters. The van der Waals surface area contributed by atoms with Gasteiger partial charge in [-0.15, -0.1) is 0 Å². The summed E-state index contributed by atoms with van der Waals surface area (Å²) >= 11 is 0. The van der Waals surface area contributed by atoms with Crippen molar-refractivity contribution in [2.75, 3.05) is 34.8 Å². The van der Waals surface area contributed by atoms with Gasteiger partial charge < -0.3 is 15.3 Å². The lowest BCUT2D eigenvalue weighted by Gasteiger charge is -2.35. The van der Waals surface area contributed by atoms with Crippen molar-refractivity contribution in [2.45, 2.75) is 58.1 Å². The molecule has 2 aliphatic heterocycles. The van der Waals surface area contributed by atoms with E-state index in [2.05, 4.69) is 39.0 Å². The Morgan fingerprint density at radius 1 is 1.15 bits per heavy atom. The molecule has 0 spiro atoms. The monoisotopic (exact) mass is 450 g/mol. The van der Waals surface area contributed by atoms with E-state index in [1.165, 1.54) is 0 Å². The topological polar surface area (TPSA) is 112 Å². The summed E-state index contributed by atoms with van der Waals surface area (Å²) in [4.78, 5) is 29.8. The number of aliphatic hydroxyl groups is 1. The lowest BCUT2D eigenvalue weighted by Crippen LogP contribution is -2.43. The fourth-order valence-electron chi connectivity index (χ4n) is 4.44. The van der Waals surface area contributed by atoms with Crippen molar-refractivity contribution < 1.29 is 9.90 Å². The van der Waals surface area contributed by atoms with Crippen molar-refractivity contribution in [2.24, 2.45) is 0 Å². The van der Waals surface area contributed by atoms with Gasteiger partial charge in [0.15, 0.2) is 5.82 Å². The molecule has 3 aromatic heterocycles. The van der Waals surface area contributed by atoms with E-state index >= 15 is 0 Å². The fraction of sp³-hybridized carbons (Fsp3) is 0.522. The molecule has 0 aromatic carbocycles. The highest BCUT2D eigenvalue weighted by atomic mass is 16.3. The Kier molecular flexibility index (Phi) is 5.40. The third-order valence-electron chi connectivity index (χ3n) is 6.41. The molecule has 0 radical (unpaired) electrons. The van der Waals surface area contributed by atoms with Gasteiger partial charge in [-0.3, -0.25) is 14.4 Å². The number of pyridine rings is 1. The highest BCUT2D eigenvalue weighted by Gasteiger charge is 2.29. The van der Waals surface area contributed by atoms with Gasteiger partial charge in [0.1, 0.15) is 11.6 Å². The SMILES string of the molecule is CC(C)n1nc(N2CCCC2=O)c2cnc(Nc3ccnc(N4CCC(C)(O)CC4)n3)cc21. The Hall–Kier alpha value is -3.27. The van der Waals surface area contributed by atoms with Gasteiger partial charge in [-0.25, -0.2) is 9.97 Å². The van der Waals surface area contributed by atoms with Gasteiger partial charge >= 0.3 is 0 Å². The maximum atomic E-state index is 12.3. The molecule has 2 aliphatic rings.